The summed E-state index contributed by atoms with van der Waals surface area (Å²) in [6.45, 7) is 5.80. The first-order valence-corrected chi connectivity index (χ1v) is 7.52. The summed E-state index contributed by atoms with van der Waals surface area (Å²) in [6.07, 6.45) is 5.61. The molecule has 0 amide bonds. The summed E-state index contributed by atoms with van der Waals surface area (Å²) < 4.78 is 0. The topological polar surface area (TPSA) is 12.0 Å². The SMILES string of the molecule is Cc1ccc(C2CC(NCC(C)C3CC3)C2)cc1. The predicted molar refractivity (Wildman–Crippen MR) is 76.8 cm³/mol. The van der Waals surface area contributed by atoms with Crippen molar-refractivity contribution in [3.8, 4) is 0 Å². The fourth-order valence-corrected chi connectivity index (χ4v) is 3.08. The van der Waals surface area contributed by atoms with Gasteiger partial charge in [0, 0.05) is 6.04 Å². The smallest absolute Gasteiger partial charge is 0.00788 e. The normalized spacial score (nSPS) is 28.8. The Morgan fingerprint density at radius 1 is 1.17 bits per heavy atom. The van der Waals surface area contributed by atoms with Gasteiger partial charge in [-0.25, -0.2) is 0 Å². The van der Waals surface area contributed by atoms with Gasteiger partial charge in [0.25, 0.3) is 0 Å². The van der Waals surface area contributed by atoms with Crippen LogP contribution in [0.1, 0.15) is 49.7 Å². The van der Waals surface area contributed by atoms with Gasteiger partial charge in [0.05, 0.1) is 0 Å². The molecule has 98 valence electrons. The van der Waals surface area contributed by atoms with Crippen molar-refractivity contribution < 1.29 is 0 Å². The molecule has 1 nitrogen and oxygen atoms in total. The summed E-state index contributed by atoms with van der Waals surface area (Å²) in [5.74, 6) is 2.73. The summed E-state index contributed by atoms with van der Waals surface area (Å²) in [6, 6.07) is 9.88. The molecule has 2 aliphatic carbocycles. The predicted octanol–water partition coefficient (Wildman–Crippen LogP) is 3.88. The van der Waals surface area contributed by atoms with Crippen LogP contribution in [0.3, 0.4) is 0 Å². The first-order valence-electron chi connectivity index (χ1n) is 7.52. The second kappa shape index (κ2) is 5.05. The summed E-state index contributed by atoms with van der Waals surface area (Å²) in [4.78, 5) is 0. The van der Waals surface area contributed by atoms with Gasteiger partial charge >= 0.3 is 0 Å². The Balaban J connectivity index is 1.41. The van der Waals surface area contributed by atoms with Gasteiger partial charge in [0.15, 0.2) is 0 Å². The third-order valence-electron chi connectivity index (χ3n) is 4.84. The highest BCUT2D eigenvalue weighted by molar-refractivity contribution is 5.26. The van der Waals surface area contributed by atoms with Crippen LogP contribution >= 0.6 is 0 Å². The van der Waals surface area contributed by atoms with Crippen molar-refractivity contribution in [1.29, 1.82) is 0 Å². The van der Waals surface area contributed by atoms with E-state index in [4.69, 9.17) is 0 Å². The molecule has 0 aliphatic heterocycles. The molecule has 1 N–H and O–H groups in total. The molecule has 1 aromatic carbocycles. The molecule has 0 spiro atoms. The van der Waals surface area contributed by atoms with Gasteiger partial charge in [-0.3, -0.25) is 0 Å². The fraction of sp³-hybridized carbons (Fsp3) is 0.647. The van der Waals surface area contributed by atoms with Gasteiger partial charge < -0.3 is 5.32 Å². The average Bonchev–Trinajstić information content (AvgIpc) is 3.13. The minimum absolute atomic E-state index is 0.775. The molecule has 1 atom stereocenters. The largest absolute Gasteiger partial charge is 0.314 e. The summed E-state index contributed by atoms with van der Waals surface area (Å²) >= 11 is 0. The van der Waals surface area contributed by atoms with E-state index in [-0.39, 0.29) is 0 Å². The molecular formula is C17H25N. The van der Waals surface area contributed by atoms with Crippen LogP contribution in [0, 0.1) is 18.8 Å². The second-order valence-corrected chi connectivity index (χ2v) is 6.50. The Hall–Kier alpha value is -0.820. The van der Waals surface area contributed by atoms with E-state index in [2.05, 4.69) is 43.4 Å². The maximum Gasteiger partial charge on any atom is 0.00788 e. The summed E-state index contributed by atoms with van der Waals surface area (Å²) in [5, 5.41) is 3.75. The van der Waals surface area contributed by atoms with Crippen LogP contribution < -0.4 is 5.32 Å². The van der Waals surface area contributed by atoms with Gasteiger partial charge in [0.2, 0.25) is 0 Å². The Morgan fingerprint density at radius 3 is 2.44 bits per heavy atom. The van der Waals surface area contributed by atoms with Crippen molar-refractivity contribution in [3.05, 3.63) is 35.4 Å². The van der Waals surface area contributed by atoms with Crippen molar-refractivity contribution in [2.75, 3.05) is 6.54 Å². The van der Waals surface area contributed by atoms with Crippen LogP contribution in [0.25, 0.3) is 0 Å². The van der Waals surface area contributed by atoms with E-state index in [1.165, 1.54) is 43.4 Å². The van der Waals surface area contributed by atoms with E-state index in [1.807, 2.05) is 0 Å². The van der Waals surface area contributed by atoms with Crippen LogP contribution in [0.2, 0.25) is 0 Å². The van der Waals surface area contributed by atoms with E-state index >= 15 is 0 Å². The number of rotatable bonds is 5. The maximum absolute atomic E-state index is 3.75. The molecule has 2 aliphatic rings. The Labute approximate surface area is 111 Å². The number of hydrogen-bond acceptors (Lipinski definition) is 1. The quantitative estimate of drug-likeness (QED) is 0.827. The number of benzene rings is 1. The molecule has 1 unspecified atom stereocenters. The Kier molecular flexibility index (Phi) is 3.43. The van der Waals surface area contributed by atoms with E-state index in [0.29, 0.717) is 0 Å². The highest BCUT2D eigenvalue weighted by Gasteiger charge is 2.32. The van der Waals surface area contributed by atoms with Crippen molar-refractivity contribution in [2.24, 2.45) is 11.8 Å². The molecule has 2 saturated carbocycles. The summed E-state index contributed by atoms with van der Waals surface area (Å²) in [5.41, 5.74) is 2.90. The van der Waals surface area contributed by atoms with Crippen LogP contribution in [-0.4, -0.2) is 12.6 Å². The zero-order valence-corrected chi connectivity index (χ0v) is 11.7. The van der Waals surface area contributed by atoms with Crippen LogP contribution in [0.15, 0.2) is 24.3 Å². The van der Waals surface area contributed by atoms with Crippen LogP contribution in [0.5, 0.6) is 0 Å². The molecule has 0 radical (unpaired) electrons. The lowest BCUT2D eigenvalue weighted by molar-refractivity contribution is 0.273. The minimum atomic E-state index is 0.775. The van der Waals surface area contributed by atoms with Crippen molar-refractivity contribution in [3.63, 3.8) is 0 Å². The van der Waals surface area contributed by atoms with E-state index in [1.54, 1.807) is 0 Å². The van der Waals surface area contributed by atoms with E-state index in [9.17, 15) is 0 Å². The third-order valence-corrected chi connectivity index (χ3v) is 4.84. The zero-order valence-electron chi connectivity index (χ0n) is 11.7. The lowest BCUT2D eigenvalue weighted by atomic mass is 9.75. The molecule has 18 heavy (non-hydrogen) atoms. The summed E-state index contributed by atoms with van der Waals surface area (Å²) in [7, 11) is 0. The van der Waals surface area contributed by atoms with Crippen molar-refractivity contribution in [2.45, 2.75) is 51.5 Å². The molecule has 1 aromatic rings. The zero-order chi connectivity index (χ0) is 12.5. The third kappa shape index (κ3) is 2.77. The van der Waals surface area contributed by atoms with Gasteiger partial charge in [-0.05, 0) is 62.5 Å². The average molecular weight is 243 g/mol. The molecule has 0 heterocycles. The first kappa shape index (κ1) is 12.2. The Bertz CT molecular complexity index is 385. The second-order valence-electron chi connectivity index (χ2n) is 6.50. The minimum Gasteiger partial charge on any atom is -0.314 e. The maximum atomic E-state index is 3.75. The van der Waals surface area contributed by atoms with E-state index in [0.717, 1.165) is 23.8 Å². The first-order chi connectivity index (χ1) is 8.72. The van der Waals surface area contributed by atoms with Gasteiger partial charge in [-0.1, -0.05) is 36.8 Å². The highest BCUT2D eigenvalue weighted by Crippen LogP contribution is 2.39. The van der Waals surface area contributed by atoms with Crippen LogP contribution in [0.4, 0.5) is 0 Å². The Morgan fingerprint density at radius 2 is 1.83 bits per heavy atom. The number of nitrogens with one attached hydrogen (secondary N) is 1. The molecule has 0 bridgehead atoms. The molecule has 0 aromatic heterocycles. The molecular weight excluding hydrogens is 218 g/mol. The standard InChI is InChI=1S/C17H25N/c1-12-3-5-15(6-4-12)16-9-17(10-16)18-11-13(2)14-7-8-14/h3-6,13-14,16-18H,7-11H2,1-2H3. The molecule has 1 heteroatoms. The van der Waals surface area contributed by atoms with Gasteiger partial charge in [-0.2, -0.15) is 0 Å². The van der Waals surface area contributed by atoms with Crippen molar-refractivity contribution in [1.82, 2.24) is 5.32 Å². The molecule has 0 saturated heterocycles. The highest BCUT2D eigenvalue weighted by atomic mass is 14.9. The number of aryl methyl sites for hydroxylation is 1. The van der Waals surface area contributed by atoms with Crippen LogP contribution in [-0.2, 0) is 0 Å². The van der Waals surface area contributed by atoms with Gasteiger partial charge in [-0.15, -0.1) is 0 Å². The van der Waals surface area contributed by atoms with Gasteiger partial charge in [0.1, 0.15) is 0 Å². The fourth-order valence-electron chi connectivity index (χ4n) is 3.08. The molecule has 2 fully saturated rings. The van der Waals surface area contributed by atoms with Crippen molar-refractivity contribution >= 4 is 0 Å². The molecule has 3 rings (SSSR count). The monoisotopic (exact) mass is 243 g/mol. The lowest BCUT2D eigenvalue weighted by Gasteiger charge is -2.37. The van der Waals surface area contributed by atoms with E-state index < -0.39 is 0 Å². The lowest BCUT2D eigenvalue weighted by Crippen LogP contribution is -2.42. The number of hydrogen-bond donors (Lipinski definition) is 1.